The van der Waals surface area contributed by atoms with Gasteiger partial charge >= 0.3 is 0 Å². The molecule has 0 unspecified atom stereocenters. The summed E-state index contributed by atoms with van der Waals surface area (Å²) in [6.45, 7) is 0. The molecule has 2 N–H and O–H groups in total. The second-order valence-electron chi connectivity index (χ2n) is 5.19. The van der Waals surface area contributed by atoms with Crippen molar-refractivity contribution in [2.75, 3.05) is 7.11 Å². The number of aromatic amines is 1. The van der Waals surface area contributed by atoms with Crippen LogP contribution in [0.1, 0.15) is 5.56 Å². The Labute approximate surface area is 139 Å². The molecule has 0 saturated carbocycles. The Bertz CT molecular complexity index is 979. The summed E-state index contributed by atoms with van der Waals surface area (Å²) in [5, 5.41) is 10.1. The highest BCUT2D eigenvalue weighted by Gasteiger charge is 2.13. The highest BCUT2D eigenvalue weighted by atomic mass is 16.5. The van der Waals surface area contributed by atoms with Gasteiger partial charge in [-0.15, -0.1) is 6.42 Å². The lowest BCUT2D eigenvalue weighted by atomic mass is 9.98. The minimum Gasteiger partial charge on any atom is -0.507 e. The molecule has 1 heterocycles. The van der Waals surface area contributed by atoms with Crippen LogP contribution in [0.5, 0.6) is 11.5 Å². The van der Waals surface area contributed by atoms with E-state index in [1.54, 1.807) is 37.4 Å². The first-order valence-electron chi connectivity index (χ1n) is 7.30. The van der Waals surface area contributed by atoms with Gasteiger partial charge in [0, 0.05) is 16.8 Å². The van der Waals surface area contributed by atoms with E-state index in [4.69, 9.17) is 11.2 Å². The quantitative estimate of drug-likeness (QED) is 0.728. The fourth-order valence-electron chi connectivity index (χ4n) is 2.54. The molecule has 0 bridgehead atoms. The van der Waals surface area contributed by atoms with Crippen LogP contribution >= 0.6 is 0 Å². The highest BCUT2D eigenvalue weighted by Crippen LogP contribution is 2.32. The number of rotatable bonds is 3. The van der Waals surface area contributed by atoms with Crippen LogP contribution in [0.15, 0.2) is 59.4 Å². The van der Waals surface area contributed by atoms with Crippen LogP contribution in [0.25, 0.3) is 22.4 Å². The van der Waals surface area contributed by atoms with Crippen LogP contribution in [-0.2, 0) is 0 Å². The lowest BCUT2D eigenvalue weighted by Gasteiger charge is -2.10. The number of benzene rings is 2. The maximum absolute atomic E-state index is 12.4. The lowest BCUT2D eigenvalue weighted by Crippen LogP contribution is -2.12. The van der Waals surface area contributed by atoms with E-state index in [0.29, 0.717) is 16.8 Å². The number of aromatic hydroxyl groups is 1. The third-order valence-corrected chi connectivity index (χ3v) is 3.77. The minimum atomic E-state index is -0.371. The number of phenolic OH excluding ortho intramolecular Hbond substituents is 1. The Hall–Kier alpha value is -3.45. The molecule has 0 aliphatic rings. The molecule has 3 aromatic rings. The Morgan fingerprint density at radius 1 is 1.08 bits per heavy atom. The second kappa shape index (κ2) is 6.35. The average Bonchev–Trinajstić information content (AvgIpc) is 2.61. The third-order valence-electron chi connectivity index (χ3n) is 3.77. The molecule has 24 heavy (non-hydrogen) atoms. The van der Waals surface area contributed by atoms with E-state index in [-0.39, 0.29) is 16.9 Å². The van der Waals surface area contributed by atoms with Gasteiger partial charge in [0.15, 0.2) is 0 Å². The number of phenols is 1. The topological polar surface area (TPSA) is 62.3 Å². The van der Waals surface area contributed by atoms with Gasteiger partial charge in [-0.1, -0.05) is 24.1 Å². The van der Waals surface area contributed by atoms with Crippen LogP contribution in [0.3, 0.4) is 0 Å². The molecule has 0 spiro atoms. The van der Waals surface area contributed by atoms with Crippen molar-refractivity contribution >= 4 is 0 Å². The summed E-state index contributed by atoms with van der Waals surface area (Å²) in [7, 11) is 1.59. The molecule has 4 nitrogen and oxygen atoms in total. The van der Waals surface area contributed by atoms with Crippen molar-refractivity contribution < 1.29 is 9.84 Å². The van der Waals surface area contributed by atoms with E-state index < -0.39 is 0 Å². The summed E-state index contributed by atoms with van der Waals surface area (Å²) in [6.07, 6.45) is 5.50. The fraction of sp³-hybridized carbons (Fsp3) is 0.0500. The van der Waals surface area contributed by atoms with Crippen LogP contribution in [0, 0.1) is 12.3 Å². The second-order valence-corrected chi connectivity index (χ2v) is 5.19. The highest BCUT2D eigenvalue weighted by molar-refractivity contribution is 5.79. The van der Waals surface area contributed by atoms with Crippen molar-refractivity contribution in [1.29, 1.82) is 0 Å². The van der Waals surface area contributed by atoms with Gasteiger partial charge in [-0.05, 0) is 42.0 Å². The van der Waals surface area contributed by atoms with Crippen molar-refractivity contribution in [1.82, 2.24) is 4.98 Å². The smallest absolute Gasteiger partial charge is 0.264 e. The maximum Gasteiger partial charge on any atom is 0.264 e. The van der Waals surface area contributed by atoms with Gasteiger partial charge in [0.2, 0.25) is 0 Å². The number of H-pyrrole nitrogens is 1. The van der Waals surface area contributed by atoms with Crippen LogP contribution in [0.2, 0.25) is 0 Å². The number of nitrogens with one attached hydrogen (secondary N) is 1. The Kier molecular flexibility index (Phi) is 4.09. The first kappa shape index (κ1) is 15.4. The van der Waals surface area contributed by atoms with Crippen molar-refractivity contribution in [2.24, 2.45) is 0 Å². The SMILES string of the molecule is C#Cc1c(-c2ccccc2O)cc(-c2ccc(OC)cc2)[nH]c1=O. The van der Waals surface area contributed by atoms with Gasteiger partial charge in [-0.3, -0.25) is 4.79 Å². The Morgan fingerprint density at radius 2 is 1.79 bits per heavy atom. The summed E-state index contributed by atoms with van der Waals surface area (Å²) in [5.41, 5.74) is 2.28. The van der Waals surface area contributed by atoms with Crippen LogP contribution in [-0.4, -0.2) is 17.2 Å². The largest absolute Gasteiger partial charge is 0.507 e. The van der Waals surface area contributed by atoms with Gasteiger partial charge < -0.3 is 14.8 Å². The molecule has 118 valence electrons. The molecular weight excluding hydrogens is 302 g/mol. The predicted octanol–water partition coefficient (Wildman–Crippen LogP) is 3.40. The number of hydrogen-bond donors (Lipinski definition) is 2. The molecule has 4 heteroatoms. The van der Waals surface area contributed by atoms with E-state index in [9.17, 15) is 9.90 Å². The van der Waals surface area contributed by atoms with Crippen molar-refractivity contribution in [3.63, 3.8) is 0 Å². The molecule has 0 fully saturated rings. The number of terminal acetylenes is 1. The van der Waals surface area contributed by atoms with Gasteiger partial charge in [0.25, 0.3) is 5.56 Å². The molecular formula is C20H15NO3. The third kappa shape index (κ3) is 2.75. The normalized spacial score (nSPS) is 10.2. The molecule has 2 aromatic carbocycles. The minimum absolute atomic E-state index is 0.0697. The fourth-order valence-corrected chi connectivity index (χ4v) is 2.54. The Morgan fingerprint density at radius 3 is 2.42 bits per heavy atom. The number of para-hydroxylation sites is 1. The zero-order valence-electron chi connectivity index (χ0n) is 13.0. The number of ether oxygens (including phenoxy) is 1. The van der Waals surface area contributed by atoms with E-state index in [2.05, 4.69) is 10.9 Å². The van der Waals surface area contributed by atoms with E-state index >= 15 is 0 Å². The van der Waals surface area contributed by atoms with Crippen molar-refractivity contribution in [3.05, 3.63) is 70.5 Å². The average molecular weight is 317 g/mol. The van der Waals surface area contributed by atoms with E-state index in [1.807, 2.05) is 24.3 Å². The summed E-state index contributed by atoms with van der Waals surface area (Å²) in [5.74, 6) is 3.21. The number of aromatic nitrogens is 1. The molecule has 0 atom stereocenters. The zero-order valence-corrected chi connectivity index (χ0v) is 13.0. The summed E-state index contributed by atoms with van der Waals surface area (Å²) < 4.78 is 5.14. The van der Waals surface area contributed by atoms with Gasteiger partial charge in [-0.25, -0.2) is 0 Å². The van der Waals surface area contributed by atoms with Crippen molar-refractivity contribution in [3.8, 4) is 46.2 Å². The molecule has 0 aliphatic carbocycles. The van der Waals surface area contributed by atoms with Gasteiger partial charge in [0.05, 0.1) is 12.7 Å². The molecule has 0 saturated heterocycles. The molecule has 1 aromatic heterocycles. The van der Waals surface area contributed by atoms with Gasteiger partial charge in [-0.2, -0.15) is 0 Å². The summed E-state index contributed by atoms with van der Waals surface area (Å²) >= 11 is 0. The Balaban J connectivity index is 2.22. The van der Waals surface area contributed by atoms with Crippen LogP contribution in [0.4, 0.5) is 0 Å². The van der Waals surface area contributed by atoms with Gasteiger partial charge in [0.1, 0.15) is 11.5 Å². The van der Waals surface area contributed by atoms with E-state index in [1.165, 1.54) is 0 Å². The molecule has 0 aliphatic heterocycles. The lowest BCUT2D eigenvalue weighted by molar-refractivity contribution is 0.415. The number of pyridine rings is 1. The first-order chi connectivity index (χ1) is 11.6. The first-order valence-corrected chi connectivity index (χ1v) is 7.30. The van der Waals surface area contributed by atoms with Crippen molar-refractivity contribution in [2.45, 2.75) is 0 Å². The summed E-state index contributed by atoms with van der Waals surface area (Å²) in [6, 6.07) is 15.9. The molecule has 3 rings (SSSR count). The standard InChI is InChI=1S/C20H15NO3/c1-3-15-17(16-6-4-5-7-19(16)22)12-18(21-20(15)23)13-8-10-14(24-2)11-9-13/h1,4-12,22H,2H3,(H,21,23). The maximum atomic E-state index is 12.4. The van der Waals surface area contributed by atoms with E-state index in [0.717, 1.165) is 11.3 Å². The molecule has 0 amide bonds. The summed E-state index contributed by atoms with van der Waals surface area (Å²) in [4.78, 5) is 15.2. The number of methoxy groups -OCH3 is 1. The number of hydrogen-bond acceptors (Lipinski definition) is 3. The van der Waals surface area contributed by atoms with Crippen LogP contribution < -0.4 is 10.3 Å². The predicted molar refractivity (Wildman–Crippen MR) is 94.1 cm³/mol. The monoisotopic (exact) mass is 317 g/mol. The zero-order chi connectivity index (χ0) is 17.1. The molecule has 0 radical (unpaired) electrons.